The molecule has 2 saturated heterocycles. The summed E-state index contributed by atoms with van der Waals surface area (Å²) in [5, 5.41) is 8.26. The van der Waals surface area contributed by atoms with E-state index in [0.717, 1.165) is 48.2 Å². The molecule has 3 aliphatic rings. The van der Waals surface area contributed by atoms with Gasteiger partial charge in [-0.05, 0) is 96.1 Å². The van der Waals surface area contributed by atoms with Gasteiger partial charge in [0.1, 0.15) is 34.5 Å². The van der Waals surface area contributed by atoms with Crippen LogP contribution in [0.1, 0.15) is 54.5 Å². The van der Waals surface area contributed by atoms with E-state index in [2.05, 4.69) is 46.2 Å². The molecule has 5 heterocycles. The lowest BCUT2D eigenvalue weighted by Crippen LogP contribution is -2.44. The number of benzene rings is 1. The van der Waals surface area contributed by atoms with E-state index in [1.54, 1.807) is 22.0 Å². The van der Waals surface area contributed by atoms with Crippen LogP contribution in [-0.2, 0) is 16.1 Å². The topological polar surface area (TPSA) is 126 Å². The molecule has 1 saturated carbocycles. The van der Waals surface area contributed by atoms with Crippen molar-refractivity contribution in [2.75, 3.05) is 31.5 Å². The van der Waals surface area contributed by atoms with Gasteiger partial charge < -0.3 is 15.1 Å². The van der Waals surface area contributed by atoms with Gasteiger partial charge in [0.05, 0.1) is 5.52 Å². The number of hydrogen-bond acceptors (Lipinski definition) is 8. The number of rotatable bonds is 8. The number of fused-ring (bicyclic) bond motifs is 2. The van der Waals surface area contributed by atoms with Crippen molar-refractivity contribution in [3.05, 3.63) is 64.4 Å². The second-order valence-corrected chi connectivity index (χ2v) is 14.2. The van der Waals surface area contributed by atoms with Gasteiger partial charge >= 0.3 is 0 Å². The predicted molar refractivity (Wildman–Crippen MR) is 182 cm³/mol. The number of pyridine rings is 1. The fourth-order valence-corrected chi connectivity index (χ4v) is 8.07. The fraction of sp³-hybridized carbons (Fsp3) is 0.457. The molecule has 3 fully saturated rings. The predicted octanol–water partition coefficient (Wildman–Crippen LogP) is 5.06. The zero-order valence-corrected chi connectivity index (χ0v) is 28.5. The monoisotopic (exact) mass is 698 g/mol. The molecule has 11 nitrogen and oxygen atoms in total. The number of ketones is 1. The normalized spacial score (nSPS) is 22.6. The lowest BCUT2D eigenvalue weighted by Gasteiger charge is -2.24. The standard InChI is InChI=1S/C35H39BrN8O3/c1-20-7-10-31(36)39-34(20)40-35(47)30-11-23(15-42-17-25-5-4-6-26(25)18-42)16-43(30)32(46)19-44-29-9-8-24(27-13-37-22(3)38-14-27)12-28(29)33(41-44)21(2)45/h7-10,12-14,23,25-26,30H,4-6,11,15-19H2,1-3H3,(H,39,40,47)/t23-,25-,26+,30+/m1/s1. The smallest absolute Gasteiger partial charge is 0.248 e. The molecule has 4 atom stereocenters. The highest BCUT2D eigenvalue weighted by Crippen LogP contribution is 2.39. The summed E-state index contributed by atoms with van der Waals surface area (Å²) >= 11 is 3.40. The van der Waals surface area contributed by atoms with Gasteiger partial charge in [0.15, 0.2) is 5.78 Å². The Labute approximate surface area is 282 Å². The summed E-state index contributed by atoms with van der Waals surface area (Å²) in [6.45, 7) is 8.69. The van der Waals surface area contributed by atoms with Crippen molar-refractivity contribution in [1.29, 1.82) is 0 Å². The minimum atomic E-state index is -0.642. The van der Waals surface area contributed by atoms with Crippen LogP contribution in [0.3, 0.4) is 0 Å². The number of halogens is 1. The summed E-state index contributed by atoms with van der Waals surface area (Å²) in [5.74, 6) is 2.24. The molecule has 47 heavy (non-hydrogen) atoms. The third-order valence-corrected chi connectivity index (χ3v) is 10.6. The molecule has 0 radical (unpaired) electrons. The Morgan fingerprint density at radius 1 is 0.979 bits per heavy atom. The highest BCUT2D eigenvalue weighted by molar-refractivity contribution is 9.10. The lowest BCUT2D eigenvalue weighted by molar-refractivity contribution is -0.137. The summed E-state index contributed by atoms with van der Waals surface area (Å²) in [6, 6.07) is 8.78. The summed E-state index contributed by atoms with van der Waals surface area (Å²) in [6.07, 6.45) is 8.02. The Bertz CT molecular complexity index is 1850. The zero-order valence-electron chi connectivity index (χ0n) is 26.9. The van der Waals surface area contributed by atoms with Crippen LogP contribution in [0.15, 0.2) is 47.3 Å². The SMILES string of the molecule is CC(=O)c1nn(CC(=O)N2C[C@@H](CN3C[C@H]4CCC[C@H]4C3)C[C@H]2C(=O)Nc2nc(Br)ccc2C)c2ccc(-c3cnc(C)nc3)cc12. The number of anilines is 1. The van der Waals surface area contributed by atoms with Crippen molar-refractivity contribution in [3.8, 4) is 11.1 Å². The number of likely N-dealkylation sites (tertiary alicyclic amines) is 2. The highest BCUT2D eigenvalue weighted by atomic mass is 79.9. The quantitative estimate of drug-likeness (QED) is 0.200. The Hall–Kier alpha value is -4.03. The molecule has 1 N–H and O–H groups in total. The van der Waals surface area contributed by atoms with Crippen molar-refractivity contribution in [3.63, 3.8) is 0 Å². The maximum absolute atomic E-state index is 14.1. The molecule has 4 aromatic rings. The van der Waals surface area contributed by atoms with Crippen LogP contribution in [0.4, 0.5) is 5.82 Å². The third-order valence-electron chi connectivity index (χ3n) is 10.1. The Balaban J connectivity index is 1.14. The summed E-state index contributed by atoms with van der Waals surface area (Å²) in [5.41, 5.74) is 3.49. The first-order valence-corrected chi connectivity index (χ1v) is 17.2. The number of aryl methyl sites for hydroxylation is 2. The van der Waals surface area contributed by atoms with E-state index in [-0.39, 0.29) is 30.1 Å². The first-order valence-electron chi connectivity index (χ1n) is 16.4. The van der Waals surface area contributed by atoms with Gasteiger partial charge in [0.2, 0.25) is 11.8 Å². The van der Waals surface area contributed by atoms with Crippen LogP contribution in [0.5, 0.6) is 0 Å². The Kier molecular flexibility index (Phi) is 8.65. The zero-order chi connectivity index (χ0) is 32.8. The van der Waals surface area contributed by atoms with E-state index in [1.807, 2.05) is 44.2 Å². The van der Waals surface area contributed by atoms with E-state index < -0.39 is 6.04 Å². The van der Waals surface area contributed by atoms with Gasteiger partial charge in [0.25, 0.3) is 0 Å². The average molecular weight is 700 g/mol. The number of amides is 2. The fourth-order valence-electron chi connectivity index (χ4n) is 7.76. The Morgan fingerprint density at radius 3 is 2.45 bits per heavy atom. The largest absolute Gasteiger partial charge is 0.329 e. The van der Waals surface area contributed by atoms with E-state index in [0.29, 0.717) is 45.8 Å². The van der Waals surface area contributed by atoms with Gasteiger partial charge in [-0.3, -0.25) is 19.1 Å². The van der Waals surface area contributed by atoms with Crippen LogP contribution in [-0.4, -0.2) is 84.4 Å². The van der Waals surface area contributed by atoms with E-state index >= 15 is 0 Å². The molecule has 0 spiro atoms. The molecule has 12 heteroatoms. The van der Waals surface area contributed by atoms with Gasteiger partial charge in [-0.15, -0.1) is 0 Å². The maximum atomic E-state index is 14.1. The number of aromatic nitrogens is 5. The summed E-state index contributed by atoms with van der Waals surface area (Å²) in [7, 11) is 0. The summed E-state index contributed by atoms with van der Waals surface area (Å²) in [4.78, 5) is 58.0. The van der Waals surface area contributed by atoms with Crippen LogP contribution in [0, 0.1) is 31.6 Å². The van der Waals surface area contributed by atoms with Crippen molar-refractivity contribution in [2.24, 2.45) is 17.8 Å². The van der Waals surface area contributed by atoms with Gasteiger partial charge in [-0.2, -0.15) is 5.10 Å². The number of nitrogens with one attached hydrogen (secondary N) is 1. The molecule has 0 bridgehead atoms. The molecule has 3 aromatic heterocycles. The molecule has 7 rings (SSSR count). The van der Waals surface area contributed by atoms with E-state index in [4.69, 9.17) is 0 Å². The minimum absolute atomic E-state index is 0.0880. The number of carbonyl (C=O) groups is 3. The summed E-state index contributed by atoms with van der Waals surface area (Å²) < 4.78 is 2.22. The molecule has 2 amide bonds. The van der Waals surface area contributed by atoms with E-state index in [1.165, 1.54) is 26.2 Å². The van der Waals surface area contributed by atoms with Crippen molar-refractivity contribution >= 4 is 50.2 Å². The van der Waals surface area contributed by atoms with Gasteiger partial charge in [-0.25, -0.2) is 15.0 Å². The first-order chi connectivity index (χ1) is 22.6. The van der Waals surface area contributed by atoms with E-state index in [9.17, 15) is 14.4 Å². The van der Waals surface area contributed by atoms with Crippen molar-refractivity contribution in [1.82, 2.24) is 34.5 Å². The van der Waals surface area contributed by atoms with Crippen LogP contribution < -0.4 is 5.32 Å². The molecule has 1 aromatic carbocycles. The average Bonchev–Trinajstić information content (AvgIpc) is 3.82. The highest BCUT2D eigenvalue weighted by Gasteiger charge is 2.43. The van der Waals surface area contributed by atoms with Crippen LogP contribution in [0.2, 0.25) is 0 Å². The molecule has 0 unspecified atom stereocenters. The van der Waals surface area contributed by atoms with Gasteiger partial charge in [0, 0.05) is 56.4 Å². The van der Waals surface area contributed by atoms with Crippen molar-refractivity contribution in [2.45, 2.75) is 59.0 Å². The number of hydrogen-bond donors (Lipinski definition) is 1. The third kappa shape index (κ3) is 6.45. The lowest BCUT2D eigenvalue weighted by atomic mass is 10.0. The molecular weight excluding hydrogens is 660 g/mol. The number of nitrogens with zero attached hydrogens (tertiary/aromatic N) is 7. The molecular formula is C35H39BrN8O3. The van der Waals surface area contributed by atoms with Crippen LogP contribution in [0.25, 0.3) is 22.0 Å². The van der Waals surface area contributed by atoms with Gasteiger partial charge in [-0.1, -0.05) is 18.6 Å². The second-order valence-electron chi connectivity index (χ2n) is 13.4. The number of Topliss-reactive ketones (excluding diaryl/α,β-unsaturated/α-hetero) is 1. The van der Waals surface area contributed by atoms with Crippen molar-refractivity contribution < 1.29 is 14.4 Å². The molecule has 244 valence electrons. The second kappa shape index (κ2) is 12.9. The minimum Gasteiger partial charge on any atom is -0.329 e. The molecule has 2 aliphatic heterocycles. The maximum Gasteiger partial charge on any atom is 0.248 e. The Morgan fingerprint density at radius 2 is 1.72 bits per heavy atom. The first kappa shape index (κ1) is 31.6. The van der Waals surface area contributed by atoms with Crippen LogP contribution >= 0.6 is 15.9 Å². The molecule has 1 aliphatic carbocycles. The number of carbonyl (C=O) groups excluding carboxylic acids is 3.